The summed E-state index contributed by atoms with van der Waals surface area (Å²) in [6.07, 6.45) is 3.60. The van der Waals surface area contributed by atoms with Crippen LogP contribution < -0.4 is 5.73 Å². The molecular formula is C13H13ClN4O3. The Labute approximate surface area is 125 Å². The van der Waals surface area contributed by atoms with Crippen LogP contribution in [0.5, 0.6) is 0 Å². The molecule has 2 aromatic rings. The Morgan fingerprint density at radius 3 is 2.76 bits per heavy atom. The number of nitrogens with two attached hydrogens (primary N) is 1. The Morgan fingerprint density at radius 1 is 1.38 bits per heavy atom. The van der Waals surface area contributed by atoms with Gasteiger partial charge in [-0.25, -0.2) is 0 Å². The highest BCUT2D eigenvalue weighted by molar-refractivity contribution is 6.30. The number of rotatable bonds is 3. The molecule has 0 atom stereocenters. The third kappa shape index (κ3) is 2.50. The molecule has 1 aromatic heterocycles. The number of aromatic nitrogens is 2. The fraction of sp³-hybridized carbons (Fsp3) is 0.385. The summed E-state index contributed by atoms with van der Waals surface area (Å²) in [7, 11) is 0. The van der Waals surface area contributed by atoms with Crippen LogP contribution in [0.4, 0.5) is 5.69 Å². The topological polar surface area (TPSA) is 108 Å². The molecule has 1 heterocycles. The lowest BCUT2D eigenvalue weighted by Gasteiger charge is -2.17. The Balaban J connectivity index is 2.02. The van der Waals surface area contributed by atoms with E-state index in [9.17, 15) is 10.1 Å². The van der Waals surface area contributed by atoms with E-state index in [1.807, 2.05) is 0 Å². The third-order valence-corrected chi connectivity index (χ3v) is 3.99. The summed E-state index contributed by atoms with van der Waals surface area (Å²) in [6, 6.07) is 4.30. The van der Waals surface area contributed by atoms with Gasteiger partial charge in [-0.15, -0.1) is 0 Å². The van der Waals surface area contributed by atoms with Gasteiger partial charge in [-0.2, -0.15) is 4.98 Å². The summed E-state index contributed by atoms with van der Waals surface area (Å²) < 4.78 is 5.17. The van der Waals surface area contributed by atoms with E-state index in [0.717, 1.165) is 25.7 Å². The first-order chi connectivity index (χ1) is 9.99. The maximum atomic E-state index is 11.1. The molecule has 0 unspecified atom stereocenters. The van der Waals surface area contributed by atoms with Crippen LogP contribution in [-0.2, 0) is 5.54 Å². The van der Waals surface area contributed by atoms with Crippen molar-refractivity contribution >= 4 is 17.3 Å². The lowest BCUT2D eigenvalue weighted by atomic mass is 9.98. The van der Waals surface area contributed by atoms with E-state index in [-0.39, 0.29) is 22.2 Å². The number of nitro groups is 1. The summed E-state index contributed by atoms with van der Waals surface area (Å²) in [5, 5.41) is 15.3. The molecule has 0 bridgehead atoms. The number of hydrogen-bond acceptors (Lipinski definition) is 6. The van der Waals surface area contributed by atoms with E-state index >= 15 is 0 Å². The van der Waals surface area contributed by atoms with Crippen molar-refractivity contribution in [2.45, 2.75) is 31.2 Å². The number of halogens is 1. The van der Waals surface area contributed by atoms with E-state index in [0.29, 0.717) is 5.82 Å². The highest BCUT2D eigenvalue weighted by Gasteiger charge is 2.36. The highest BCUT2D eigenvalue weighted by atomic mass is 35.5. The first-order valence-corrected chi connectivity index (χ1v) is 6.95. The summed E-state index contributed by atoms with van der Waals surface area (Å²) in [6.45, 7) is 0. The van der Waals surface area contributed by atoms with Crippen molar-refractivity contribution in [2.24, 2.45) is 5.73 Å². The SMILES string of the molecule is NC1(c2noc(-c3ccc(Cl)cc3[N+](=O)[O-])n2)CCCC1. The zero-order chi connectivity index (χ0) is 15.0. The Hall–Kier alpha value is -1.99. The fourth-order valence-electron chi connectivity index (χ4n) is 2.60. The molecule has 1 aliphatic rings. The van der Waals surface area contributed by atoms with Crippen molar-refractivity contribution in [2.75, 3.05) is 0 Å². The molecule has 8 heteroatoms. The average molecular weight is 309 g/mol. The molecule has 1 aliphatic carbocycles. The number of nitro benzene ring substituents is 1. The Bertz CT molecular complexity index is 694. The summed E-state index contributed by atoms with van der Waals surface area (Å²) in [5.41, 5.74) is 5.73. The molecule has 0 radical (unpaired) electrons. The van der Waals surface area contributed by atoms with E-state index in [1.165, 1.54) is 12.1 Å². The standard InChI is InChI=1S/C13H13ClN4O3/c14-8-3-4-9(10(7-8)18(19)20)11-16-12(17-21-11)13(15)5-1-2-6-13/h3-4,7H,1-2,5-6,15H2. The van der Waals surface area contributed by atoms with Gasteiger partial charge < -0.3 is 10.3 Å². The predicted octanol–water partition coefficient (Wildman–Crippen LogP) is 3.03. The van der Waals surface area contributed by atoms with Crippen LogP contribution in [0.1, 0.15) is 31.5 Å². The van der Waals surface area contributed by atoms with Gasteiger partial charge in [0.2, 0.25) is 0 Å². The molecule has 1 saturated carbocycles. The molecule has 21 heavy (non-hydrogen) atoms. The third-order valence-electron chi connectivity index (χ3n) is 3.75. The van der Waals surface area contributed by atoms with Crippen LogP contribution in [0, 0.1) is 10.1 Å². The normalized spacial score (nSPS) is 17.0. The molecule has 0 saturated heterocycles. The van der Waals surface area contributed by atoms with Gasteiger partial charge in [0.05, 0.1) is 10.5 Å². The smallest absolute Gasteiger partial charge is 0.283 e. The molecule has 110 valence electrons. The van der Waals surface area contributed by atoms with Crippen LogP contribution >= 0.6 is 11.6 Å². The second-order valence-corrected chi connectivity index (χ2v) is 5.64. The van der Waals surface area contributed by atoms with Crippen molar-refractivity contribution in [3.05, 3.63) is 39.2 Å². The van der Waals surface area contributed by atoms with Gasteiger partial charge in [-0.1, -0.05) is 29.6 Å². The highest BCUT2D eigenvalue weighted by Crippen LogP contribution is 2.37. The fourth-order valence-corrected chi connectivity index (χ4v) is 2.77. The Morgan fingerprint density at radius 2 is 2.10 bits per heavy atom. The minimum absolute atomic E-state index is 0.0880. The Kier molecular flexibility index (Phi) is 3.38. The second-order valence-electron chi connectivity index (χ2n) is 5.20. The molecule has 0 spiro atoms. The van der Waals surface area contributed by atoms with Crippen molar-refractivity contribution in [3.63, 3.8) is 0 Å². The predicted molar refractivity (Wildman–Crippen MR) is 75.7 cm³/mol. The van der Waals surface area contributed by atoms with Crippen LogP contribution in [0.25, 0.3) is 11.5 Å². The van der Waals surface area contributed by atoms with E-state index < -0.39 is 10.5 Å². The van der Waals surface area contributed by atoms with Crippen LogP contribution in [0.15, 0.2) is 22.7 Å². The summed E-state index contributed by atoms with van der Waals surface area (Å²) in [4.78, 5) is 14.8. The molecule has 0 aliphatic heterocycles. The minimum atomic E-state index is -0.594. The zero-order valence-electron chi connectivity index (χ0n) is 11.1. The molecule has 7 nitrogen and oxygen atoms in total. The number of nitrogens with zero attached hydrogens (tertiary/aromatic N) is 3. The lowest BCUT2D eigenvalue weighted by Crippen LogP contribution is -2.34. The summed E-state index contributed by atoms with van der Waals surface area (Å²) >= 11 is 5.79. The van der Waals surface area contributed by atoms with Crippen molar-refractivity contribution in [3.8, 4) is 11.5 Å². The van der Waals surface area contributed by atoms with Crippen LogP contribution in [0.3, 0.4) is 0 Å². The van der Waals surface area contributed by atoms with Gasteiger partial charge >= 0.3 is 0 Å². The molecular weight excluding hydrogens is 296 g/mol. The van der Waals surface area contributed by atoms with E-state index in [1.54, 1.807) is 6.07 Å². The lowest BCUT2D eigenvalue weighted by molar-refractivity contribution is -0.384. The van der Waals surface area contributed by atoms with Crippen molar-refractivity contribution in [1.29, 1.82) is 0 Å². The first kappa shape index (κ1) is 14.0. The maximum Gasteiger partial charge on any atom is 0.283 e. The first-order valence-electron chi connectivity index (χ1n) is 6.57. The van der Waals surface area contributed by atoms with Crippen molar-refractivity contribution in [1.82, 2.24) is 10.1 Å². The zero-order valence-corrected chi connectivity index (χ0v) is 11.8. The number of hydrogen-bond donors (Lipinski definition) is 1. The van der Waals surface area contributed by atoms with Gasteiger partial charge in [0.25, 0.3) is 11.6 Å². The van der Waals surface area contributed by atoms with Crippen LogP contribution in [-0.4, -0.2) is 15.1 Å². The molecule has 1 aromatic carbocycles. The van der Waals surface area contributed by atoms with Crippen LogP contribution in [0.2, 0.25) is 5.02 Å². The molecule has 3 rings (SSSR count). The molecule has 1 fully saturated rings. The minimum Gasteiger partial charge on any atom is -0.334 e. The largest absolute Gasteiger partial charge is 0.334 e. The quantitative estimate of drug-likeness (QED) is 0.689. The molecule has 0 amide bonds. The number of benzene rings is 1. The van der Waals surface area contributed by atoms with Crippen molar-refractivity contribution < 1.29 is 9.45 Å². The maximum absolute atomic E-state index is 11.1. The van der Waals surface area contributed by atoms with Gasteiger partial charge in [-0.3, -0.25) is 10.1 Å². The monoisotopic (exact) mass is 308 g/mol. The average Bonchev–Trinajstić information content (AvgIpc) is 3.08. The molecule has 2 N–H and O–H groups in total. The summed E-state index contributed by atoms with van der Waals surface area (Å²) in [5.74, 6) is 0.490. The van der Waals surface area contributed by atoms with E-state index in [4.69, 9.17) is 21.9 Å². The van der Waals surface area contributed by atoms with Gasteiger partial charge in [0, 0.05) is 11.1 Å². The second kappa shape index (κ2) is 5.09. The van der Waals surface area contributed by atoms with Gasteiger partial charge in [0.15, 0.2) is 5.82 Å². The van der Waals surface area contributed by atoms with Gasteiger partial charge in [-0.05, 0) is 25.0 Å². The van der Waals surface area contributed by atoms with Gasteiger partial charge in [0.1, 0.15) is 5.56 Å². The van der Waals surface area contributed by atoms with E-state index in [2.05, 4.69) is 10.1 Å².